The first-order valence-electron chi connectivity index (χ1n) is 3.94. The van der Waals surface area contributed by atoms with E-state index in [1.165, 1.54) is 0 Å². The molecule has 1 unspecified atom stereocenters. The molecule has 1 rings (SSSR count). The van der Waals surface area contributed by atoms with Gasteiger partial charge in [-0.3, -0.25) is 0 Å². The molecule has 0 spiro atoms. The van der Waals surface area contributed by atoms with Gasteiger partial charge in [-0.15, -0.1) is 0 Å². The smallest absolute Gasteiger partial charge is 0.137 e. The van der Waals surface area contributed by atoms with Gasteiger partial charge in [-0.1, -0.05) is 0 Å². The third kappa shape index (κ3) is 1.68. The van der Waals surface area contributed by atoms with Crippen molar-refractivity contribution in [1.82, 2.24) is 0 Å². The van der Waals surface area contributed by atoms with Gasteiger partial charge < -0.3 is 15.3 Å². The van der Waals surface area contributed by atoms with Crippen LogP contribution in [0.5, 0.6) is 0 Å². The van der Waals surface area contributed by atoms with Gasteiger partial charge in [0.1, 0.15) is 11.9 Å². The fourth-order valence-corrected chi connectivity index (χ4v) is 1.00. The van der Waals surface area contributed by atoms with Gasteiger partial charge in [0.05, 0.1) is 6.26 Å². The second-order valence-corrected chi connectivity index (χ2v) is 3.69. The highest BCUT2D eigenvalue weighted by atomic mass is 16.4. The predicted molar refractivity (Wildman–Crippen MR) is 46.7 cm³/mol. The van der Waals surface area contributed by atoms with Gasteiger partial charge >= 0.3 is 0 Å². The van der Waals surface area contributed by atoms with E-state index in [1.54, 1.807) is 20.1 Å². The summed E-state index contributed by atoms with van der Waals surface area (Å²) >= 11 is 0. The molecule has 0 radical (unpaired) electrons. The minimum atomic E-state index is -0.743. The lowest BCUT2D eigenvalue weighted by Gasteiger charge is -2.24. The van der Waals surface area contributed by atoms with Crippen LogP contribution in [0.1, 0.15) is 31.3 Å². The van der Waals surface area contributed by atoms with Crippen molar-refractivity contribution in [3.05, 3.63) is 23.7 Å². The molecule has 1 atom stereocenters. The van der Waals surface area contributed by atoms with Crippen LogP contribution in [0.15, 0.2) is 16.7 Å². The summed E-state index contributed by atoms with van der Waals surface area (Å²) in [4.78, 5) is 0. The van der Waals surface area contributed by atoms with Crippen molar-refractivity contribution in [2.24, 2.45) is 5.73 Å². The molecule has 68 valence electrons. The summed E-state index contributed by atoms with van der Waals surface area (Å²) in [5.41, 5.74) is 6.00. The van der Waals surface area contributed by atoms with E-state index in [4.69, 9.17) is 10.2 Å². The Kier molecular flexibility index (Phi) is 2.26. The zero-order valence-electron chi connectivity index (χ0n) is 7.66. The average molecular weight is 169 g/mol. The van der Waals surface area contributed by atoms with Gasteiger partial charge in [-0.2, -0.15) is 0 Å². The number of rotatable bonds is 2. The van der Waals surface area contributed by atoms with E-state index < -0.39 is 11.6 Å². The number of hydrogen-bond acceptors (Lipinski definition) is 3. The van der Waals surface area contributed by atoms with E-state index in [0.29, 0.717) is 5.76 Å². The second-order valence-electron chi connectivity index (χ2n) is 3.69. The number of furan rings is 1. The highest BCUT2D eigenvalue weighted by Gasteiger charge is 2.27. The lowest BCUT2D eigenvalue weighted by molar-refractivity contribution is 0.0818. The molecule has 0 amide bonds. The molecule has 1 aromatic heterocycles. The third-order valence-corrected chi connectivity index (χ3v) is 1.85. The maximum atomic E-state index is 9.71. The second kappa shape index (κ2) is 2.92. The maximum Gasteiger partial charge on any atom is 0.137 e. The van der Waals surface area contributed by atoms with Crippen LogP contribution < -0.4 is 5.73 Å². The molecule has 0 bridgehead atoms. The van der Waals surface area contributed by atoms with E-state index in [1.807, 2.05) is 13.0 Å². The molecule has 0 aliphatic rings. The molecule has 0 aromatic carbocycles. The van der Waals surface area contributed by atoms with Crippen LogP contribution in [0, 0.1) is 6.92 Å². The monoisotopic (exact) mass is 169 g/mol. The third-order valence-electron chi connectivity index (χ3n) is 1.85. The number of hydrogen-bond donors (Lipinski definition) is 2. The van der Waals surface area contributed by atoms with Crippen LogP contribution in [-0.4, -0.2) is 10.6 Å². The van der Waals surface area contributed by atoms with E-state index in [0.717, 1.165) is 5.56 Å². The van der Waals surface area contributed by atoms with Crippen LogP contribution >= 0.6 is 0 Å². The average Bonchev–Trinajstić information content (AvgIpc) is 2.31. The Labute approximate surface area is 72.2 Å². The summed E-state index contributed by atoms with van der Waals surface area (Å²) in [6.07, 6.45) is 0.812. The van der Waals surface area contributed by atoms with Gasteiger partial charge in [-0.25, -0.2) is 0 Å². The lowest BCUT2D eigenvalue weighted by Crippen LogP contribution is -2.39. The van der Waals surface area contributed by atoms with Crippen molar-refractivity contribution in [2.75, 3.05) is 0 Å². The van der Waals surface area contributed by atoms with Crippen LogP contribution in [0.25, 0.3) is 0 Å². The fourth-order valence-electron chi connectivity index (χ4n) is 1.00. The summed E-state index contributed by atoms with van der Waals surface area (Å²) in [5, 5.41) is 9.71. The lowest BCUT2D eigenvalue weighted by atomic mass is 9.95. The molecular weight excluding hydrogens is 154 g/mol. The summed E-state index contributed by atoms with van der Waals surface area (Å²) in [7, 11) is 0. The first kappa shape index (κ1) is 9.29. The number of aryl methyl sites for hydroxylation is 1. The highest BCUT2D eigenvalue weighted by molar-refractivity contribution is 5.19. The zero-order chi connectivity index (χ0) is 9.35. The van der Waals surface area contributed by atoms with Crippen molar-refractivity contribution in [1.29, 1.82) is 0 Å². The molecule has 3 N–H and O–H groups in total. The standard InChI is InChI=1S/C9H15NO2/c1-6-4-5-12-7(6)8(11)9(2,3)10/h4-5,8,11H,10H2,1-3H3. The molecule has 0 aliphatic heterocycles. The molecule has 3 nitrogen and oxygen atoms in total. The van der Waals surface area contributed by atoms with Gasteiger partial charge in [0, 0.05) is 5.54 Å². The molecule has 0 fully saturated rings. The van der Waals surface area contributed by atoms with Crippen LogP contribution in [0.4, 0.5) is 0 Å². The molecule has 1 heterocycles. The van der Waals surface area contributed by atoms with E-state index in [2.05, 4.69) is 0 Å². The Morgan fingerprint density at radius 3 is 2.50 bits per heavy atom. The molecule has 12 heavy (non-hydrogen) atoms. The van der Waals surface area contributed by atoms with E-state index >= 15 is 0 Å². The topological polar surface area (TPSA) is 59.4 Å². The number of aliphatic hydroxyl groups excluding tert-OH is 1. The van der Waals surface area contributed by atoms with Gasteiger partial charge in [0.15, 0.2) is 0 Å². The minimum Gasteiger partial charge on any atom is -0.466 e. The van der Waals surface area contributed by atoms with Crippen molar-refractivity contribution in [3.63, 3.8) is 0 Å². The van der Waals surface area contributed by atoms with Crippen molar-refractivity contribution in [3.8, 4) is 0 Å². The first-order valence-corrected chi connectivity index (χ1v) is 3.94. The molecule has 3 heteroatoms. The van der Waals surface area contributed by atoms with Gasteiger partial charge in [0.25, 0.3) is 0 Å². The summed E-state index contributed by atoms with van der Waals surface area (Å²) in [5.74, 6) is 0.558. The maximum absolute atomic E-state index is 9.71. The normalized spacial score (nSPS) is 14.8. The van der Waals surface area contributed by atoms with Gasteiger partial charge in [0.2, 0.25) is 0 Å². The molecule has 0 saturated heterocycles. The molecule has 0 saturated carbocycles. The highest BCUT2D eigenvalue weighted by Crippen LogP contribution is 2.26. The number of aliphatic hydroxyl groups is 1. The van der Waals surface area contributed by atoms with Gasteiger partial charge in [-0.05, 0) is 32.4 Å². The molecule has 1 aromatic rings. The Hall–Kier alpha value is -0.800. The minimum absolute atomic E-state index is 0.558. The van der Waals surface area contributed by atoms with E-state index in [-0.39, 0.29) is 0 Å². The quantitative estimate of drug-likeness (QED) is 0.702. The Balaban J connectivity index is 2.92. The largest absolute Gasteiger partial charge is 0.466 e. The van der Waals surface area contributed by atoms with Crippen LogP contribution in [0.3, 0.4) is 0 Å². The fraction of sp³-hybridized carbons (Fsp3) is 0.556. The number of nitrogens with two attached hydrogens (primary N) is 1. The Bertz CT molecular complexity index is 260. The molecular formula is C9H15NO2. The van der Waals surface area contributed by atoms with Crippen molar-refractivity contribution in [2.45, 2.75) is 32.4 Å². The summed E-state index contributed by atoms with van der Waals surface area (Å²) in [6.45, 7) is 5.41. The predicted octanol–water partition coefficient (Wildman–Crippen LogP) is 1.36. The summed E-state index contributed by atoms with van der Waals surface area (Å²) in [6, 6.07) is 1.81. The SMILES string of the molecule is Cc1ccoc1C(O)C(C)(C)N. The zero-order valence-corrected chi connectivity index (χ0v) is 7.66. The first-order chi connectivity index (χ1) is 5.43. The van der Waals surface area contributed by atoms with E-state index in [9.17, 15) is 5.11 Å². The summed E-state index contributed by atoms with van der Waals surface area (Å²) < 4.78 is 5.12. The molecule has 0 aliphatic carbocycles. The van der Waals surface area contributed by atoms with Crippen LogP contribution in [0.2, 0.25) is 0 Å². The van der Waals surface area contributed by atoms with Crippen LogP contribution in [-0.2, 0) is 0 Å². The Morgan fingerprint density at radius 2 is 2.17 bits per heavy atom. The van der Waals surface area contributed by atoms with Crippen molar-refractivity contribution >= 4 is 0 Å². The Morgan fingerprint density at radius 1 is 1.58 bits per heavy atom. The van der Waals surface area contributed by atoms with Crippen molar-refractivity contribution < 1.29 is 9.52 Å².